The van der Waals surface area contributed by atoms with Crippen LogP contribution in [-0.2, 0) is 28.4 Å². The third-order valence-electron chi connectivity index (χ3n) is 21.7. The minimum Gasteiger partial charge on any atom is -0.381 e. The smallest absolute Gasteiger partial charge is 0.0686 e. The summed E-state index contributed by atoms with van der Waals surface area (Å²) in [6, 6.07) is 0. The maximum atomic E-state index is 5.75. The second-order valence-electron chi connectivity index (χ2n) is 25.1. The van der Waals surface area contributed by atoms with E-state index in [0.29, 0.717) is 35.1 Å². The van der Waals surface area contributed by atoms with Gasteiger partial charge >= 0.3 is 0 Å². The number of fused-ring (bicyclic) bond motifs is 10. The maximum absolute atomic E-state index is 5.75. The highest BCUT2D eigenvalue weighted by atomic mass is 16.5. The molecule has 0 heterocycles. The van der Waals surface area contributed by atoms with E-state index in [1.54, 1.807) is 6.42 Å². The summed E-state index contributed by atoms with van der Waals surface area (Å²) in [5.41, 5.74) is 1.02. The van der Waals surface area contributed by atoms with Crippen LogP contribution in [0.4, 0.5) is 0 Å². The van der Waals surface area contributed by atoms with Crippen LogP contribution in [0.2, 0.25) is 0 Å². The molecule has 18 aliphatic rings. The van der Waals surface area contributed by atoms with Crippen LogP contribution >= 0.6 is 0 Å². The Hall–Kier alpha value is -0.240. The number of ether oxygens (including phenoxy) is 6. The Labute approximate surface area is 380 Å². The van der Waals surface area contributed by atoms with Gasteiger partial charge < -0.3 is 28.4 Å². The van der Waals surface area contributed by atoms with E-state index in [1.165, 1.54) is 193 Å². The zero-order valence-corrected chi connectivity index (χ0v) is 41.1. The number of hydrogen-bond acceptors (Lipinski definition) is 6. The molecule has 4 unspecified atom stereocenters. The molecule has 62 heavy (non-hydrogen) atoms. The van der Waals surface area contributed by atoms with Gasteiger partial charge in [-0.2, -0.15) is 0 Å². The molecule has 0 aromatic carbocycles. The Kier molecular flexibility index (Phi) is 15.5. The molecule has 18 aliphatic carbocycles. The summed E-state index contributed by atoms with van der Waals surface area (Å²) in [7, 11) is 11.3. The molecule has 356 valence electrons. The second-order valence-corrected chi connectivity index (χ2v) is 25.1. The van der Waals surface area contributed by atoms with Gasteiger partial charge in [0.15, 0.2) is 0 Å². The molecule has 0 amide bonds. The topological polar surface area (TPSA) is 55.4 Å². The Morgan fingerprint density at radius 2 is 0.677 bits per heavy atom. The van der Waals surface area contributed by atoms with Crippen LogP contribution in [-0.4, -0.2) is 77.8 Å². The lowest BCUT2D eigenvalue weighted by Crippen LogP contribution is -2.51. The summed E-state index contributed by atoms with van der Waals surface area (Å²) >= 11 is 0. The fourth-order valence-corrected chi connectivity index (χ4v) is 18.6. The molecule has 18 rings (SSSR count). The van der Waals surface area contributed by atoms with Gasteiger partial charge in [-0.3, -0.25) is 0 Å². The molecule has 0 N–H and O–H groups in total. The van der Waals surface area contributed by atoms with Crippen molar-refractivity contribution >= 4 is 0 Å². The minimum absolute atomic E-state index is 0.328. The highest BCUT2D eigenvalue weighted by Crippen LogP contribution is 2.57. The third kappa shape index (κ3) is 10.6. The zero-order chi connectivity index (χ0) is 42.9. The van der Waals surface area contributed by atoms with Gasteiger partial charge in [0, 0.05) is 42.7 Å². The summed E-state index contributed by atoms with van der Waals surface area (Å²) in [4.78, 5) is 0. The zero-order valence-electron chi connectivity index (χ0n) is 41.1. The van der Waals surface area contributed by atoms with E-state index < -0.39 is 0 Å². The lowest BCUT2D eigenvalue weighted by Gasteiger charge is -2.55. The second kappa shape index (κ2) is 20.5. The lowest BCUT2D eigenvalue weighted by atomic mass is 9.54. The molecule has 0 radical (unpaired) electrons. The normalized spacial score (nSPS) is 50.6. The first kappa shape index (κ1) is 46.9. The van der Waals surface area contributed by atoms with Crippen LogP contribution in [0.25, 0.3) is 0 Å². The molecule has 0 saturated heterocycles. The molecular formula is C56H96O6. The predicted octanol–water partition coefficient (Wildman–Crippen LogP) is 13.4. The van der Waals surface area contributed by atoms with Crippen molar-refractivity contribution < 1.29 is 28.4 Å². The first-order chi connectivity index (χ1) is 30.1. The first-order valence-corrected chi connectivity index (χ1v) is 27.4. The fourth-order valence-electron chi connectivity index (χ4n) is 18.6. The quantitative estimate of drug-likeness (QED) is 0.265. The fraction of sp³-hybridized carbons (Fsp3) is 1.00. The average molecular weight is 865 g/mol. The highest BCUT2D eigenvalue weighted by Gasteiger charge is 2.52. The van der Waals surface area contributed by atoms with E-state index in [4.69, 9.17) is 28.4 Å². The largest absolute Gasteiger partial charge is 0.381 e. The van der Waals surface area contributed by atoms with Crippen molar-refractivity contribution in [3.63, 3.8) is 0 Å². The van der Waals surface area contributed by atoms with Crippen molar-refractivity contribution in [2.75, 3.05) is 42.7 Å². The summed E-state index contributed by atoms with van der Waals surface area (Å²) in [6.45, 7) is 0. The lowest BCUT2D eigenvalue weighted by molar-refractivity contribution is -0.145. The van der Waals surface area contributed by atoms with Crippen molar-refractivity contribution in [1.29, 1.82) is 0 Å². The Morgan fingerprint density at radius 1 is 0.274 bits per heavy atom. The summed E-state index contributed by atoms with van der Waals surface area (Å²) in [5.74, 6) is 13.1. The maximum Gasteiger partial charge on any atom is 0.0686 e. The van der Waals surface area contributed by atoms with Crippen LogP contribution < -0.4 is 0 Å². The molecular weight excluding hydrogens is 769 g/mol. The average Bonchev–Trinajstić information content (AvgIpc) is 4.15. The summed E-state index contributed by atoms with van der Waals surface area (Å²) < 4.78 is 33.2. The van der Waals surface area contributed by atoms with Crippen LogP contribution in [0, 0.1) is 76.9 Å². The molecule has 0 spiro atoms. The molecule has 6 nitrogen and oxygen atoms in total. The molecule has 0 aromatic heterocycles. The van der Waals surface area contributed by atoms with E-state index in [1.807, 2.05) is 42.7 Å². The van der Waals surface area contributed by atoms with Gasteiger partial charge in [-0.1, -0.05) is 0 Å². The summed E-state index contributed by atoms with van der Waals surface area (Å²) in [5, 5.41) is 0. The van der Waals surface area contributed by atoms with E-state index in [0.717, 1.165) is 76.9 Å². The number of hydrogen-bond donors (Lipinski definition) is 0. The first-order valence-electron chi connectivity index (χ1n) is 27.4. The number of rotatable bonds is 6. The standard InChI is InChI=1S/2C11H18O.2C9H16O.2C8H14O/c1-12-11-5-8-2-9(6-11)4-10(3-8)7-11;1-12-11-9-3-7-2-8(5-9)6-10(11)4-7;1-10-9-5-2-8(3-6-9)4-7-9;1-10-9-6-7-2-4-8(9)5-3-7;1-9-8-4-2-7(6-8)3-5-8;1-9-8-5-6-2-3-7(8)4-6/h8-10H,2-7H2,1H3;7-11H,2-6H2,1H3;8H,2-7H2,1H3;7-9H,2-6H2,1H3;7H,2-6H2,1H3;6-8H,2-5H2,1H3. The molecule has 6 heteroatoms. The van der Waals surface area contributed by atoms with Crippen molar-refractivity contribution in [1.82, 2.24) is 0 Å². The van der Waals surface area contributed by atoms with Crippen LogP contribution in [0.5, 0.6) is 0 Å². The van der Waals surface area contributed by atoms with Crippen molar-refractivity contribution in [3.05, 3.63) is 0 Å². The van der Waals surface area contributed by atoms with Gasteiger partial charge in [0.1, 0.15) is 0 Å². The van der Waals surface area contributed by atoms with Crippen molar-refractivity contribution in [2.45, 2.75) is 234 Å². The van der Waals surface area contributed by atoms with Gasteiger partial charge in [-0.05, 0) is 276 Å². The molecule has 0 aliphatic heterocycles. The number of methoxy groups -OCH3 is 6. The third-order valence-corrected chi connectivity index (χ3v) is 21.7. The minimum atomic E-state index is 0.328. The summed E-state index contributed by atoms with van der Waals surface area (Å²) in [6.07, 6.45) is 46.0. The SMILES string of the molecule is COC12CC3CC(CC(C3)C1)C2.COC12CCC(CC1)C2.COC12CCC(CC1)CC2.COC1C2CC3CC(C2)CC1C3.COC1CC2CCC1C2.COC1CC2CCC1CC2. The highest BCUT2D eigenvalue weighted by molar-refractivity contribution is 5.03. The van der Waals surface area contributed by atoms with Gasteiger partial charge in [0.05, 0.1) is 35.1 Å². The van der Waals surface area contributed by atoms with Gasteiger partial charge in [-0.25, -0.2) is 0 Å². The van der Waals surface area contributed by atoms with Gasteiger partial charge in [0.25, 0.3) is 0 Å². The van der Waals surface area contributed by atoms with Gasteiger partial charge in [-0.15, -0.1) is 0 Å². The molecule has 18 fully saturated rings. The predicted molar refractivity (Wildman–Crippen MR) is 250 cm³/mol. The van der Waals surface area contributed by atoms with E-state index in [9.17, 15) is 0 Å². The van der Waals surface area contributed by atoms with Crippen LogP contribution in [0.1, 0.15) is 199 Å². The van der Waals surface area contributed by atoms with Crippen molar-refractivity contribution in [3.8, 4) is 0 Å². The Bertz CT molecular complexity index is 1290. The van der Waals surface area contributed by atoms with Crippen molar-refractivity contribution in [2.24, 2.45) is 76.9 Å². The molecule has 18 saturated carbocycles. The van der Waals surface area contributed by atoms with Crippen LogP contribution in [0.15, 0.2) is 0 Å². The monoisotopic (exact) mass is 865 g/mol. The van der Waals surface area contributed by atoms with Crippen LogP contribution in [0.3, 0.4) is 0 Å². The van der Waals surface area contributed by atoms with E-state index in [2.05, 4.69) is 0 Å². The van der Waals surface area contributed by atoms with E-state index in [-0.39, 0.29) is 0 Å². The Morgan fingerprint density at radius 3 is 1.00 bits per heavy atom. The molecule has 16 bridgehead atoms. The van der Waals surface area contributed by atoms with Gasteiger partial charge in [0.2, 0.25) is 0 Å². The molecule has 0 aromatic rings. The van der Waals surface area contributed by atoms with E-state index >= 15 is 0 Å². The Balaban J connectivity index is 0.0000000952. The molecule has 4 atom stereocenters.